The normalized spacial score (nSPS) is 22.2. The van der Waals surface area contributed by atoms with Gasteiger partial charge in [-0.25, -0.2) is 4.18 Å². The maximum atomic E-state index is 12.3. The van der Waals surface area contributed by atoms with E-state index in [-0.39, 0.29) is 5.71 Å². The van der Waals surface area contributed by atoms with Crippen LogP contribution < -0.4 is 0 Å². The average Bonchev–Trinajstić information content (AvgIpc) is 2.75. The van der Waals surface area contributed by atoms with Crippen molar-refractivity contribution >= 4 is 23.6 Å². The molecule has 0 fully saturated rings. The summed E-state index contributed by atoms with van der Waals surface area (Å²) in [6.45, 7) is 0. The van der Waals surface area contributed by atoms with Crippen molar-refractivity contribution < 1.29 is 26.2 Å². The number of hydrogen-bond donors (Lipinski definition) is 0. The highest BCUT2D eigenvalue weighted by atomic mass is 32.2. The van der Waals surface area contributed by atoms with Crippen LogP contribution in [0.5, 0.6) is 0 Å². The monoisotopic (exact) mass is 305 g/mol. The number of hydrogen-bond acceptors (Lipinski definition) is 6. The highest BCUT2D eigenvalue weighted by molar-refractivity contribution is 7.86. The van der Waals surface area contributed by atoms with Crippen molar-refractivity contribution in [2.24, 2.45) is 4.40 Å². The first-order valence-corrected chi connectivity index (χ1v) is 8.19. The summed E-state index contributed by atoms with van der Waals surface area (Å²) < 4.78 is 53.0. The Morgan fingerprint density at radius 3 is 2.32 bits per heavy atom. The van der Waals surface area contributed by atoms with Gasteiger partial charge in [0.25, 0.3) is 0 Å². The summed E-state index contributed by atoms with van der Waals surface area (Å²) in [7, 11) is -5.59. The first-order valence-electron chi connectivity index (χ1n) is 5.21. The average molecular weight is 305 g/mol. The van der Waals surface area contributed by atoms with E-state index >= 15 is 0 Å². The first kappa shape index (κ1) is 14.4. The Balaban J connectivity index is 2.52. The minimum Gasteiger partial charge on any atom is -0.310 e. The van der Waals surface area contributed by atoms with Crippen LogP contribution in [-0.4, -0.2) is 34.2 Å². The topological polar surface area (TPSA) is 91.3 Å². The van der Waals surface area contributed by atoms with E-state index in [0.717, 1.165) is 14.2 Å². The molecule has 1 aromatic carbocycles. The van der Waals surface area contributed by atoms with Crippen LogP contribution >= 0.6 is 7.60 Å². The molecule has 104 valence electrons. The van der Waals surface area contributed by atoms with Gasteiger partial charge < -0.3 is 9.05 Å². The van der Waals surface area contributed by atoms with E-state index in [2.05, 4.69) is 4.40 Å². The highest BCUT2D eigenvalue weighted by Crippen LogP contribution is 2.55. The molecule has 0 N–H and O–H groups in total. The molecule has 9 heteroatoms. The lowest BCUT2D eigenvalue weighted by Gasteiger charge is -2.19. The summed E-state index contributed by atoms with van der Waals surface area (Å²) in [4.78, 5) is 0. The molecular formula is C10H12NO6PS. The molecule has 0 spiro atoms. The van der Waals surface area contributed by atoms with Crippen LogP contribution in [0.25, 0.3) is 0 Å². The Hall–Kier alpha value is -1.05. The Kier molecular flexibility index (Phi) is 3.89. The molecule has 7 nitrogen and oxygen atoms in total. The zero-order valence-electron chi connectivity index (χ0n) is 10.2. The molecule has 0 bridgehead atoms. The Morgan fingerprint density at radius 2 is 1.79 bits per heavy atom. The third-order valence-corrected chi connectivity index (χ3v) is 5.46. The van der Waals surface area contributed by atoms with Crippen LogP contribution in [0.2, 0.25) is 0 Å². The molecule has 1 aliphatic heterocycles. The maximum Gasteiger partial charge on any atom is 0.382 e. The van der Waals surface area contributed by atoms with Crippen molar-refractivity contribution in [3.05, 3.63) is 35.9 Å². The summed E-state index contributed by atoms with van der Waals surface area (Å²) in [6, 6.07) is 8.42. The maximum absolute atomic E-state index is 12.3. The summed E-state index contributed by atoms with van der Waals surface area (Å²) in [5, 5.41) is 0. The quantitative estimate of drug-likeness (QED) is 0.784. The van der Waals surface area contributed by atoms with Gasteiger partial charge in [0.05, 0.1) is 0 Å². The van der Waals surface area contributed by atoms with E-state index in [1.165, 1.54) is 0 Å². The standard InChI is InChI=1S/C10H12NO6PS/c1-15-18(12,16-2)10-9(11-19(13,14)17-10)8-6-4-3-5-7-8/h3-7,10H,1-2H3. The molecule has 0 aromatic heterocycles. The molecule has 0 saturated heterocycles. The van der Waals surface area contributed by atoms with Gasteiger partial charge >= 0.3 is 17.9 Å². The Labute approximate surface area is 111 Å². The van der Waals surface area contributed by atoms with Gasteiger partial charge in [0.1, 0.15) is 5.71 Å². The molecule has 1 aromatic rings. The number of benzene rings is 1. The van der Waals surface area contributed by atoms with E-state index in [0.29, 0.717) is 5.56 Å². The van der Waals surface area contributed by atoms with E-state index in [9.17, 15) is 13.0 Å². The van der Waals surface area contributed by atoms with E-state index in [4.69, 9.17) is 13.2 Å². The molecule has 0 radical (unpaired) electrons. The lowest BCUT2D eigenvalue weighted by atomic mass is 10.1. The van der Waals surface area contributed by atoms with Crippen LogP contribution in [0.1, 0.15) is 5.56 Å². The first-order chi connectivity index (χ1) is 8.92. The van der Waals surface area contributed by atoms with Gasteiger partial charge in [0.15, 0.2) is 0 Å². The van der Waals surface area contributed by atoms with Crippen molar-refractivity contribution in [2.45, 2.75) is 5.85 Å². The minimum atomic E-state index is -4.14. The SMILES string of the molecule is COP(=O)(OC)C1OS(=O)(=O)N=C1c1ccccc1. The van der Waals surface area contributed by atoms with Crippen molar-refractivity contribution in [1.82, 2.24) is 0 Å². The van der Waals surface area contributed by atoms with E-state index in [1.54, 1.807) is 30.3 Å². The molecule has 0 saturated carbocycles. The van der Waals surface area contributed by atoms with Crippen LogP contribution in [0.3, 0.4) is 0 Å². The molecule has 1 aliphatic rings. The van der Waals surface area contributed by atoms with E-state index < -0.39 is 23.7 Å². The number of rotatable bonds is 4. The summed E-state index contributed by atoms with van der Waals surface area (Å²) in [5.74, 6) is -1.39. The molecule has 19 heavy (non-hydrogen) atoms. The van der Waals surface area contributed by atoms with Crippen molar-refractivity contribution in [3.63, 3.8) is 0 Å². The minimum absolute atomic E-state index is 0.00707. The van der Waals surface area contributed by atoms with Gasteiger partial charge in [-0.3, -0.25) is 4.57 Å². The smallest absolute Gasteiger partial charge is 0.310 e. The van der Waals surface area contributed by atoms with Gasteiger partial charge in [-0.2, -0.15) is 8.42 Å². The molecule has 0 amide bonds. The fraction of sp³-hybridized carbons (Fsp3) is 0.300. The molecule has 0 aliphatic carbocycles. The third kappa shape index (κ3) is 2.77. The fourth-order valence-corrected chi connectivity index (χ4v) is 4.29. The van der Waals surface area contributed by atoms with Crippen molar-refractivity contribution in [2.75, 3.05) is 14.2 Å². The number of nitrogens with zero attached hydrogens (tertiary/aromatic N) is 1. The molecule has 1 atom stereocenters. The second-order valence-corrected chi connectivity index (χ2v) is 7.13. The van der Waals surface area contributed by atoms with Crippen LogP contribution in [0, 0.1) is 0 Å². The van der Waals surface area contributed by atoms with Crippen LogP contribution in [-0.2, 0) is 28.1 Å². The van der Waals surface area contributed by atoms with Crippen LogP contribution in [0.15, 0.2) is 34.7 Å². The summed E-state index contributed by atoms with van der Waals surface area (Å²) >= 11 is 0. The predicted octanol–water partition coefficient (Wildman–Crippen LogP) is 1.56. The predicted molar refractivity (Wildman–Crippen MR) is 68.4 cm³/mol. The van der Waals surface area contributed by atoms with Gasteiger partial charge in [0, 0.05) is 19.8 Å². The van der Waals surface area contributed by atoms with Gasteiger partial charge in [-0.1, -0.05) is 30.3 Å². The summed E-state index contributed by atoms with van der Waals surface area (Å²) in [5.41, 5.74) is 0.482. The molecule has 1 unspecified atom stereocenters. The Bertz CT molecular complexity index is 633. The van der Waals surface area contributed by atoms with Crippen molar-refractivity contribution in [3.8, 4) is 0 Å². The zero-order valence-corrected chi connectivity index (χ0v) is 11.9. The highest BCUT2D eigenvalue weighted by Gasteiger charge is 2.47. The third-order valence-electron chi connectivity index (χ3n) is 2.52. The zero-order chi connectivity index (χ0) is 14.1. The molecular weight excluding hydrogens is 293 g/mol. The molecule has 1 heterocycles. The van der Waals surface area contributed by atoms with Gasteiger partial charge in [0.2, 0.25) is 5.85 Å². The summed E-state index contributed by atoms with van der Waals surface area (Å²) in [6.07, 6.45) is 0. The second kappa shape index (κ2) is 5.15. The fourth-order valence-electron chi connectivity index (χ4n) is 1.62. The molecule has 2 rings (SSSR count). The second-order valence-electron chi connectivity index (χ2n) is 3.62. The van der Waals surface area contributed by atoms with Crippen LogP contribution in [0.4, 0.5) is 0 Å². The lowest BCUT2D eigenvalue weighted by molar-refractivity contribution is 0.227. The van der Waals surface area contributed by atoms with Gasteiger partial charge in [-0.05, 0) is 0 Å². The Morgan fingerprint density at radius 1 is 1.21 bits per heavy atom. The lowest BCUT2D eigenvalue weighted by Crippen LogP contribution is -2.22. The van der Waals surface area contributed by atoms with E-state index in [1.807, 2.05) is 0 Å². The van der Waals surface area contributed by atoms with Crippen molar-refractivity contribution in [1.29, 1.82) is 0 Å². The largest absolute Gasteiger partial charge is 0.382 e. The van der Waals surface area contributed by atoms with Gasteiger partial charge in [-0.15, -0.1) is 4.40 Å².